The minimum atomic E-state index is 0.606. The Morgan fingerprint density at radius 1 is 1.39 bits per heavy atom. The zero-order valence-corrected chi connectivity index (χ0v) is 11.5. The van der Waals surface area contributed by atoms with Crippen molar-refractivity contribution in [2.75, 3.05) is 26.7 Å². The molecule has 100 valence electrons. The molecule has 0 saturated carbocycles. The lowest BCUT2D eigenvalue weighted by molar-refractivity contribution is 0.159. The molecule has 0 bridgehead atoms. The lowest BCUT2D eigenvalue weighted by atomic mass is 10.1. The Morgan fingerprint density at radius 3 is 3.00 bits per heavy atom. The van der Waals surface area contributed by atoms with Gasteiger partial charge in [0.2, 0.25) is 0 Å². The van der Waals surface area contributed by atoms with Crippen molar-refractivity contribution in [1.29, 1.82) is 0 Å². The molecular formula is C15H24N2O. The van der Waals surface area contributed by atoms with E-state index < -0.39 is 0 Å². The fourth-order valence-electron chi connectivity index (χ4n) is 2.64. The Hall–Kier alpha value is -1.06. The number of nitrogens with one attached hydrogen (secondary N) is 1. The molecule has 2 rings (SSSR count). The van der Waals surface area contributed by atoms with Crippen LogP contribution in [0.4, 0.5) is 0 Å². The molecule has 0 spiro atoms. The SMILES string of the molecule is CCCC(CNC)N1CCOc2ccccc2C1. The molecule has 1 aromatic carbocycles. The Kier molecular flexibility index (Phi) is 5.02. The largest absolute Gasteiger partial charge is 0.492 e. The van der Waals surface area contributed by atoms with Gasteiger partial charge in [0, 0.05) is 31.2 Å². The van der Waals surface area contributed by atoms with E-state index in [9.17, 15) is 0 Å². The minimum absolute atomic E-state index is 0.606. The van der Waals surface area contributed by atoms with Crippen LogP contribution in [0, 0.1) is 0 Å². The van der Waals surface area contributed by atoms with Crippen LogP contribution >= 0.6 is 0 Å². The summed E-state index contributed by atoms with van der Waals surface area (Å²) >= 11 is 0. The zero-order chi connectivity index (χ0) is 12.8. The molecule has 0 saturated heterocycles. The molecule has 0 radical (unpaired) electrons. The van der Waals surface area contributed by atoms with Gasteiger partial charge in [0.05, 0.1) is 0 Å². The highest BCUT2D eigenvalue weighted by Crippen LogP contribution is 2.24. The zero-order valence-electron chi connectivity index (χ0n) is 11.5. The van der Waals surface area contributed by atoms with Gasteiger partial charge in [-0.25, -0.2) is 0 Å². The van der Waals surface area contributed by atoms with Crippen LogP contribution < -0.4 is 10.1 Å². The van der Waals surface area contributed by atoms with Crippen LogP contribution in [0.3, 0.4) is 0 Å². The number of rotatable bonds is 5. The Morgan fingerprint density at radius 2 is 2.22 bits per heavy atom. The maximum Gasteiger partial charge on any atom is 0.123 e. The van der Waals surface area contributed by atoms with Gasteiger partial charge < -0.3 is 10.1 Å². The average Bonchev–Trinajstić information content (AvgIpc) is 2.60. The highest BCUT2D eigenvalue weighted by Gasteiger charge is 2.21. The summed E-state index contributed by atoms with van der Waals surface area (Å²) < 4.78 is 5.82. The third-order valence-electron chi connectivity index (χ3n) is 3.56. The predicted molar refractivity (Wildman–Crippen MR) is 75.0 cm³/mol. The normalized spacial score (nSPS) is 17.7. The van der Waals surface area contributed by atoms with Crippen LogP contribution in [0.5, 0.6) is 5.75 Å². The van der Waals surface area contributed by atoms with Crippen molar-refractivity contribution in [3.63, 3.8) is 0 Å². The van der Waals surface area contributed by atoms with Gasteiger partial charge in [-0.1, -0.05) is 31.5 Å². The highest BCUT2D eigenvalue weighted by atomic mass is 16.5. The fourth-order valence-corrected chi connectivity index (χ4v) is 2.64. The third kappa shape index (κ3) is 3.24. The van der Waals surface area contributed by atoms with E-state index in [2.05, 4.69) is 35.3 Å². The van der Waals surface area contributed by atoms with E-state index in [1.54, 1.807) is 0 Å². The van der Waals surface area contributed by atoms with E-state index in [4.69, 9.17) is 4.74 Å². The molecular weight excluding hydrogens is 224 g/mol. The first-order valence-corrected chi connectivity index (χ1v) is 6.94. The topological polar surface area (TPSA) is 24.5 Å². The highest BCUT2D eigenvalue weighted by molar-refractivity contribution is 5.33. The van der Waals surface area contributed by atoms with Crippen molar-refractivity contribution in [2.24, 2.45) is 0 Å². The van der Waals surface area contributed by atoms with Crippen molar-refractivity contribution in [2.45, 2.75) is 32.4 Å². The lowest BCUT2D eigenvalue weighted by Gasteiger charge is -2.29. The molecule has 0 fully saturated rings. The smallest absolute Gasteiger partial charge is 0.123 e. The molecule has 1 atom stereocenters. The predicted octanol–water partition coefficient (Wildman–Crippen LogP) is 2.27. The van der Waals surface area contributed by atoms with Gasteiger partial charge in [0.1, 0.15) is 12.4 Å². The van der Waals surface area contributed by atoms with Crippen LogP contribution in [-0.2, 0) is 6.54 Å². The summed E-state index contributed by atoms with van der Waals surface area (Å²) in [4.78, 5) is 2.55. The van der Waals surface area contributed by atoms with Gasteiger partial charge in [-0.15, -0.1) is 0 Å². The number of likely N-dealkylation sites (N-methyl/N-ethyl adjacent to an activating group) is 1. The first-order chi connectivity index (χ1) is 8.85. The van der Waals surface area contributed by atoms with Crippen LogP contribution in [0.25, 0.3) is 0 Å². The van der Waals surface area contributed by atoms with Crippen LogP contribution in [0.1, 0.15) is 25.3 Å². The number of fused-ring (bicyclic) bond motifs is 1. The molecule has 0 amide bonds. The molecule has 1 unspecified atom stereocenters. The number of benzene rings is 1. The van der Waals surface area contributed by atoms with E-state index in [0.29, 0.717) is 6.04 Å². The second-order valence-electron chi connectivity index (χ2n) is 4.93. The van der Waals surface area contributed by atoms with E-state index in [-0.39, 0.29) is 0 Å². The molecule has 0 aliphatic carbocycles. The van der Waals surface area contributed by atoms with Gasteiger partial charge in [0.25, 0.3) is 0 Å². The van der Waals surface area contributed by atoms with Gasteiger partial charge in [-0.2, -0.15) is 0 Å². The van der Waals surface area contributed by atoms with Crippen molar-refractivity contribution < 1.29 is 4.74 Å². The number of ether oxygens (including phenoxy) is 1. The number of hydrogen-bond donors (Lipinski definition) is 1. The molecule has 18 heavy (non-hydrogen) atoms. The van der Waals surface area contributed by atoms with Crippen LogP contribution in [-0.4, -0.2) is 37.7 Å². The quantitative estimate of drug-likeness (QED) is 0.865. The Balaban J connectivity index is 2.10. The van der Waals surface area contributed by atoms with Gasteiger partial charge in [-0.05, 0) is 19.5 Å². The molecule has 1 N–H and O–H groups in total. The summed E-state index contributed by atoms with van der Waals surface area (Å²) in [5, 5.41) is 3.31. The summed E-state index contributed by atoms with van der Waals surface area (Å²) in [6.45, 7) is 6.12. The van der Waals surface area contributed by atoms with Crippen LogP contribution in [0.15, 0.2) is 24.3 Å². The number of nitrogens with zero attached hydrogens (tertiary/aromatic N) is 1. The second-order valence-corrected chi connectivity index (χ2v) is 4.93. The van der Waals surface area contributed by atoms with E-state index in [1.807, 2.05) is 13.1 Å². The fraction of sp³-hybridized carbons (Fsp3) is 0.600. The number of hydrogen-bond acceptors (Lipinski definition) is 3. The van der Waals surface area contributed by atoms with Crippen molar-refractivity contribution in [3.8, 4) is 5.75 Å². The second kappa shape index (κ2) is 6.76. The Bertz CT molecular complexity index is 361. The molecule has 1 aromatic rings. The minimum Gasteiger partial charge on any atom is -0.492 e. The molecule has 1 heterocycles. The maximum absolute atomic E-state index is 5.82. The van der Waals surface area contributed by atoms with Crippen molar-refractivity contribution >= 4 is 0 Å². The summed E-state index contributed by atoms with van der Waals surface area (Å²) in [6.07, 6.45) is 2.47. The van der Waals surface area contributed by atoms with Gasteiger partial charge in [0.15, 0.2) is 0 Å². The standard InChI is InChI=1S/C15H24N2O/c1-3-6-14(11-16-2)17-9-10-18-15-8-5-4-7-13(15)12-17/h4-5,7-8,14,16H,3,6,9-12H2,1-2H3. The first kappa shape index (κ1) is 13.4. The summed E-state index contributed by atoms with van der Waals surface area (Å²) in [6, 6.07) is 9.00. The average molecular weight is 248 g/mol. The summed E-state index contributed by atoms with van der Waals surface area (Å²) in [7, 11) is 2.03. The summed E-state index contributed by atoms with van der Waals surface area (Å²) in [5.74, 6) is 1.06. The van der Waals surface area contributed by atoms with Crippen molar-refractivity contribution in [1.82, 2.24) is 10.2 Å². The van der Waals surface area contributed by atoms with E-state index in [0.717, 1.165) is 32.0 Å². The van der Waals surface area contributed by atoms with Gasteiger partial charge in [-0.3, -0.25) is 4.90 Å². The lowest BCUT2D eigenvalue weighted by Crippen LogP contribution is -2.42. The first-order valence-electron chi connectivity index (χ1n) is 6.94. The van der Waals surface area contributed by atoms with Crippen molar-refractivity contribution in [3.05, 3.63) is 29.8 Å². The molecule has 3 nitrogen and oxygen atoms in total. The Labute approximate surface area is 110 Å². The molecule has 3 heteroatoms. The maximum atomic E-state index is 5.82. The monoisotopic (exact) mass is 248 g/mol. The summed E-state index contributed by atoms with van der Waals surface area (Å²) in [5.41, 5.74) is 1.31. The van der Waals surface area contributed by atoms with Gasteiger partial charge >= 0.3 is 0 Å². The molecule has 1 aliphatic rings. The molecule has 1 aliphatic heterocycles. The molecule has 0 aromatic heterocycles. The van der Waals surface area contributed by atoms with E-state index in [1.165, 1.54) is 18.4 Å². The van der Waals surface area contributed by atoms with Crippen LogP contribution in [0.2, 0.25) is 0 Å². The number of para-hydroxylation sites is 1. The third-order valence-corrected chi connectivity index (χ3v) is 3.56. The van der Waals surface area contributed by atoms with E-state index >= 15 is 0 Å².